The van der Waals surface area contributed by atoms with Crippen molar-refractivity contribution in [3.05, 3.63) is 29.3 Å². The van der Waals surface area contributed by atoms with E-state index in [1.54, 1.807) is 18.2 Å². The zero-order valence-corrected chi connectivity index (χ0v) is 9.82. The van der Waals surface area contributed by atoms with Crippen LogP contribution in [0.1, 0.15) is 36.8 Å². The summed E-state index contributed by atoms with van der Waals surface area (Å²) in [5.74, 6) is 0. The van der Waals surface area contributed by atoms with Crippen molar-refractivity contribution in [2.45, 2.75) is 25.7 Å². The molecule has 0 unspecified atom stereocenters. The largest absolute Gasteiger partial charge is 0.369 e. The van der Waals surface area contributed by atoms with Gasteiger partial charge in [-0.05, 0) is 25.0 Å². The fourth-order valence-corrected chi connectivity index (χ4v) is 2.36. The van der Waals surface area contributed by atoms with Crippen LogP contribution < -0.4 is 4.90 Å². The predicted octanol–water partition coefficient (Wildman–Crippen LogP) is 2.81. The molecule has 0 aliphatic carbocycles. The average Bonchev–Trinajstić information content (AvgIpc) is 2.66. The van der Waals surface area contributed by atoms with Crippen molar-refractivity contribution >= 4 is 5.69 Å². The second-order valence-corrected chi connectivity index (χ2v) is 4.33. The Balaban J connectivity index is 2.42. The molecule has 1 aliphatic heterocycles. The maximum Gasteiger partial charge on any atom is 0.101 e. The highest BCUT2D eigenvalue weighted by molar-refractivity contribution is 5.68. The van der Waals surface area contributed by atoms with Crippen LogP contribution in [0, 0.1) is 22.7 Å². The van der Waals surface area contributed by atoms with Gasteiger partial charge in [0.1, 0.15) is 12.1 Å². The van der Waals surface area contributed by atoms with Crippen LogP contribution in [0.5, 0.6) is 0 Å². The molecule has 1 heterocycles. The normalized spacial score (nSPS) is 15.8. The van der Waals surface area contributed by atoms with E-state index < -0.39 is 0 Å². The number of rotatable bonds is 1. The summed E-state index contributed by atoms with van der Waals surface area (Å²) in [7, 11) is 0. The summed E-state index contributed by atoms with van der Waals surface area (Å²) in [4.78, 5) is 2.20. The molecule has 1 aromatic rings. The molecule has 1 aliphatic rings. The Morgan fingerprint density at radius 1 is 0.882 bits per heavy atom. The number of benzene rings is 1. The molecular formula is C14H15N3. The molecule has 86 valence electrons. The smallest absolute Gasteiger partial charge is 0.101 e. The van der Waals surface area contributed by atoms with Crippen molar-refractivity contribution in [2.24, 2.45) is 0 Å². The van der Waals surface area contributed by atoms with Gasteiger partial charge in [-0.15, -0.1) is 0 Å². The van der Waals surface area contributed by atoms with Gasteiger partial charge in [0, 0.05) is 13.1 Å². The lowest BCUT2D eigenvalue weighted by Gasteiger charge is -2.24. The lowest BCUT2D eigenvalue weighted by atomic mass is 10.1. The molecule has 3 heteroatoms. The van der Waals surface area contributed by atoms with Crippen molar-refractivity contribution < 1.29 is 0 Å². The SMILES string of the molecule is N#Cc1cccc(C#N)c1N1CCCCCC1. The standard InChI is InChI=1S/C14H15N3/c15-10-12-6-5-7-13(11-16)14(12)17-8-3-1-2-4-9-17/h5-7H,1-4,8-9H2. The molecule has 0 spiro atoms. The maximum absolute atomic E-state index is 9.15. The summed E-state index contributed by atoms with van der Waals surface area (Å²) in [5.41, 5.74) is 2.07. The molecule has 17 heavy (non-hydrogen) atoms. The lowest BCUT2D eigenvalue weighted by molar-refractivity contribution is 0.726. The summed E-state index contributed by atoms with van der Waals surface area (Å²) < 4.78 is 0. The quantitative estimate of drug-likeness (QED) is 0.738. The molecular weight excluding hydrogens is 210 g/mol. The van der Waals surface area contributed by atoms with Crippen LogP contribution in [0.4, 0.5) is 5.69 Å². The molecule has 0 bridgehead atoms. The van der Waals surface area contributed by atoms with Gasteiger partial charge in [-0.2, -0.15) is 10.5 Å². The van der Waals surface area contributed by atoms with Gasteiger partial charge in [0.25, 0.3) is 0 Å². The van der Waals surface area contributed by atoms with Crippen LogP contribution in [-0.2, 0) is 0 Å². The van der Waals surface area contributed by atoms with Crippen molar-refractivity contribution in [1.82, 2.24) is 0 Å². The molecule has 1 saturated heterocycles. The van der Waals surface area contributed by atoms with Crippen molar-refractivity contribution in [1.29, 1.82) is 10.5 Å². The maximum atomic E-state index is 9.15. The number of hydrogen-bond donors (Lipinski definition) is 0. The van der Waals surface area contributed by atoms with Gasteiger partial charge in [-0.1, -0.05) is 18.9 Å². The van der Waals surface area contributed by atoms with Crippen molar-refractivity contribution in [3.63, 3.8) is 0 Å². The number of nitrogens with zero attached hydrogens (tertiary/aromatic N) is 3. The second-order valence-electron chi connectivity index (χ2n) is 4.33. The molecule has 0 amide bonds. The third-order valence-corrected chi connectivity index (χ3v) is 3.20. The molecule has 0 saturated carbocycles. The van der Waals surface area contributed by atoms with Gasteiger partial charge >= 0.3 is 0 Å². The Morgan fingerprint density at radius 3 is 1.88 bits per heavy atom. The number of nitriles is 2. The Hall–Kier alpha value is -2.00. The zero-order chi connectivity index (χ0) is 12.1. The van der Waals surface area contributed by atoms with Gasteiger partial charge in [0.05, 0.1) is 16.8 Å². The second kappa shape index (κ2) is 5.37. The first-order valence-electron chi connectivity index (χ1n) is 6.05. The summed E-state index contributed by atoms with van der Waals surface area (Å²) >= 11 is 0. The van der Waals surface area contributed by atoms with E-state index in [0.29, 0.717) is 11.1 Å². The summed E-state index contributed by atoms with van der Waals surface area (Å²) in [6.45, 7) is 1.90. The Morgan fingerprint density at radius 2 is 1.41 bits per heavy atom. The van der Waals surface area contributed by atoms with Crippen LogP contribution in [0.25, 0.3) is 0 Å². The summed E-state index contributed by atoms with van der Waals surface area (Å²) in [5, 5.41) is 18.3. The number of para-hydroxylation sites is 1. The monoisotopic (exact) mass is 225 g/mol. The van der Waals surface area contributed by atoms with Gasteiger partial charge in [0.15, 0.2) is 0 Å². The summed E-state index contributed by atoms with van der Waals surface area (Å²) in [6, 6.07) is 9.75. The van der Waals surface area contributed by atoms with Gasteiger partial charge < -0.3 is 4.90 Å². The van der Waals surface area contributed by atoms with Crippen LogP contribution in [0.15, 0.2) is 18.2 Å². The van der Waals surface area contributed by atoms with Crippen LogP contribution >= 0.6 is 0 Å². The third kappa shape index (κ3) is 2.40. The van der Waals surface area contributed by atoms with E-state index in [1.165, 1.54) is 12.8 Å². The van der Waals surface area contributed by atoms with E-state index in [0.717, 1.165) is 31.6 Å². The average molecular weight is 225 g/mol. The van der Waals surface area contributed by atoms with Crippen molar-refractivity contribution in [3.8, 4) is 12.1 Å². The minimum Gasteiger partial charge on any atom is -0.369 e. The highest BCUT2D eigenvalue weighted by atomic mass is 15.1. The molecule has 0 radical (unpaired) electrons. The number of anilines is 1. The molecule has 0 N–H and O–H groups in total. The van der Waals surface area contributed by atoms with Gasteiger partial charge in [-0.25, -0.2) is 0 Å². The minimum absolute atomic E-state index is 0.617. The zero-order valence-electron chi connectivity index (χ0n) is 9.82. The fourth-order valence-electron chi connectivity index (χ4n) is 2.36. The third-order valence-electron chi connectivity index (χ3n) is 3.20. The highest BCUT2D eigenvalue weighted by Crippen LogP contribution is 2.27. The number of hydrogen-bond acceptors (Lipinski definition) is 3. The van der Waals surface area contributed by atoms with E-state index in [1.807, 2.05) is 0 Å². The van der Waals surface area contributed by atoms with Gasteiger partial charge in [0.2, 0.25) is 0 Å². The van der Waals surface area contributed by atoms with Crippen LogP contribution in [0.3, 0.4) is 0 Å². The minimum atomic E-state index is 0.617. The Labute approximate surface area is 102 Å². The molecule has 0 aromatic heterocycles. The molecule has 2 rings (SSSR count). The predicted molar refractivity (Wildman–Crippen MR) is 66.6 cm³/mol. The van der Waals surface area contributed by atoms with E-state index in [-0.39, 0.29) is 0 Å². The fraction of sp³-hybridized carbons (Fsp3) is 0.429. The van der Waals surface area contributed by atoms with E-state index in [4.69, 9.17) is 10.5 Å². The van der Waals surface area contributed by atoms with Crippen LogP contribution in [0.2, 0.25) is 0 Å². The van der Waals surface area contributed by atoms with E-state index in [2.05, 4.69) is 17.0 Å². The van der Waals surface area contributed by atoms with E-state index >= 15 is 0 Å². The molecule has 0 atom stereocenters. The highest BCUT2D eigenvalue weighted by Gasteiger charge is 2.17. The van der Waals surface area contributed by atoms with E-state index in [9.17, 15) is 0 Å². The Kier molecular flexibility index (Phi) is 3.62. The summed E-state index contributed by atoms with van der Waals surface area (Å²) in [6.07, 6.45) is 4.77. The first-order chi connectivity index (χ1) is 8.36. The molecule has 1 fully saturated rings. The van der Waals surface area contributed by atoms with Crippen molar-refractivity contribution in [2.75, 3.05) is 18.0 Å². The molecule has 1 aromatic carbocycles. The molecule has 3 nitrogen and oxygen atoms in total. The first-order valence-corrected chi connectivity index (χ1v) is 6.05. The Bertz CT molecular complexity index is 439. The van der Waals surface area contributed by atoms with Gasteiger partial charge in [-0.3, -0.25) is 0 Å². The first kappa shape index (κ1) is 11.5. The van der Waals surface area contributed by atoms with Crippen LogP contribution in [-0.4, -0.2) is 13.1 Å². The lowest BCUT2D eigenvalue weighted by Crippen LogP contribution is -2.25. The topological polar surface area (TPSA) is 50.8 Å².